The molecule has 0 spiro atoms. The highest BCUT2D eigenvalue weighted by molar-refractivity contribution is 6.36. The minimum absolute atomic E-state index is 0.0646. The second kappa shape index (κ2) is 11.3. The fourth-order valence-corrected chi connectivity index (χ4v) is 5.50. The summed E-state index contributed by atoms with van der Waals surface area (Å²) < 4.78 is 0. The average molecular weight is 557 g/mol. The summed E-state index contributed by atoms with van der Waals surface area (Å²) in [7, 11) is 0. The number of aromatic nitrogens is 1. The van der Waals surface area contributed by atoms with Crippen molar-refractivity contribution in [3.8, 4) is 0 Å². The van der Waals surface area contributed by atoms with E-state index in [2.05, 4.69) is 20.9 Å². The molecule has 12 heteroatoms. The predicted molar refractivity (Wildman–Crippen MR) is 146 cm³/mol. The van der Waals surface area contributed by atoms with Gasteiger partial charge in [0.2, 0.25) is 23.4 Å². The third-order valence-corrected chi connectivity index (χ3v) is 8.00. The van der Waals surface area contributed by atoms with E-state index in [0.717, 1.165) is 0 Å². The van der Waals surface area contributed by atoms with Gasteiger partial charge in [-0.25, -0.2) is 4.79 Å². The number of carbonyl (C=O) groups excluding carboxylic acids is 6. The van der Waals surface area contributed by atoms with Crippen LogP contribution in [-0.2, 0) is 19.2 Å². The van der Waals surface area contributed by atoms with Crippen LogP contribution in [0.2, 0.25) is 0 Å². The Morgan fingerprint density at radius 2 is 1.75 bits per heavy atom. The third kappa shape index (κ3) is 6.31. The van der Waals surface area contributed by atoms with Crippen LogP contribution in [0, 0.1) is 28.6 Å². The van der Waals surface area contributed by atoms with Crippen molar-refractivity contribution in [3.05, 3.63) is 30.1 Å². The summed E-state index contributed by atoms with van der Waals surface area (Å²) in [5.74, 6) is -3.80. The standard InChI is InChI=1S/C28H40N6O6/c1-14(2)19(21(36)16-10-8-9-11-30-16)32-26(40)33-22(27(3,4)5)25(39)34-13-15-18(28(15,6)7)20(34)24(38)31-12-17(35)23(29)37/h8-11,14-15,18-20,22H,12-13H2,1-7H3,(H2,29,37)(H,31,38)(H2,32,33,40)/t15?,18-,19-,20-,22+/m0/s1. The van der Waals surface area contributed by atoms with Gasteiger partial charge in [0.15, 0.2) is 0 Å². The SMILES string of the molecule is CC(C)[C@H](NC(=O)N[C@H](C(=O)N1CC2[C@@H]([C@H]1C(=O)NCC(=O)C(N)=O)C2(C)C)C(C)(C)C)C(=O)c1ccccn1. The molecule has 5 amide bonds. The van der Waals surface area contributed by atoms with E-state index in [4.69, 9.17) is 5.73 Å². The van der Waals surface area contributed by atoms with Crippen molar-refractivity contribution in [3.63, 3.8) is 0 Å². The van der Waals surface area contributed by atoms with Gasteiger partial charge in [0.1, 0.15) is 17.8 Å². The number of nitrogens with one attached hydrogen (secondary N) is 3. The van der Waals surface area contributed by atoms with Gasteiger partial charge in [-0.1, -0.05) is 54.5 Å². The van der Waals surface area contributed by atoms with Gasteiger partial charge in [0.05, 0.1) is 12.6 Å². The quantitative estimate of drug-likeness (QED) is 0.241. The maximum absolute atomic E-state index is 13.9. The zero-order valence-corrected chi connectivity index (χ0v) is 24.1. The molecule has 1 aliphatic carbocycles. The van der Waals surface area contributed by atoms with Gasteiger partial charge in [-0.15, -0.1) is 0 Å². The number of primary amides is 1. The van der Waals surface area contributed by atoms with E-state index in [-0.39, 0.29) is 34.6 Å². The molecule has 5 atom stereocenters. The number of amides is 5. The van der Waals surface area contributed by atoms with Crippen LogP contribution in [0.25, 0.3) is 0 Å². The molecule has 1 aromatic heterocycles. The smallest absolute Gasteiger partial charge is 0.316 e. The lowest BCUT2D eigenvalue weighted by Gasteiger charge is -2.37. The molecule has 0 aromatic carbocycles. The number of Topliss-reactive ketones (excluding diaryl/α,β-unsaturated/α-hetero) is 2. The zero-order valence-electron chi connectivity index (χ0n) is 24.1. The summed E-state index contributed by atoms with van der Waals surface area (Å²) in [5.41, 5.74) is 4.27. The molecule has 1 aromatic rings. The topological polar surface area (TPSA) is 181 Å². The molecule has 3 rings (SSSR count). The largest absolute Gasteiger partial charge is 0.363 e. The van der Waals surface area contributed by atoms with Crippen LogP contribution in [0.3, 0.4) is 0 Å². The van der Waals surface area contributed by atoms with Gasteiger partial charge < -0.3 is 26.6 Å². The van der Waals surface area contributed by atoms with E-state index < -0.39 is 59.6 Å². The van der Waals surface area contributed by atoms with E-state index in [9.17, 15) is 28.8 Å². The predicted octanol–water partition coefficient (Wildman–Crippen LogP) is 0.656. The van der Waals surface area contributed by atoms with Crippen LogP contribution in [-0.4, -0.2) is 76.4 Å². The van der Waals surface area contributed by atoms with Gasteiger partial charge in [-0.3, -0.25) is 29.0 Å². The number of hydrogen-bond acceptors (Lipinski definition) is 7. The van der Waals surface area contributed by atoms with Crippen molar-refractivity contribution in [2.24, 2.45) is 34.3 Å². The molecule has 1 unspecified atom stereocenters. The minimum Gasteiger partial charge on any atom is -0.363 e. The van der Waals surface area contributed by atoms with Crippen molar-refractivity contribution in [2.45, 2.75) is 66.6 Å². The molecule has 1 aliphatic heterocycles. The number of urea groups is 1. The molecule has 12 nitrogen and oxygen atoms in total. The molecule has 1 saturated heterocycles. The van der Waals surface area contributed by atoms with Crippen LogP contribution in [0.5, 0.6) is 0 Å². The number of likely N-dealkylation sites (tertiary alicyclic amines) is 1. The third-order valence-electron chi connectivity index (χ3n) is 8.00. The molecule has 2 fully saturated rings. The Kier molecular flexibility index (Phi) is 8.71. The second-order valence-electron chi connectivity index (χ2n) is 12.6. The molecule has 0 bridgehead atoms. The summed E-state index contributed by atoms with van der Waals surface area (Å²) >= 11 is 0. The second-order valence-corrected chi connectivity index (χ2v) is 12.6. The first-order chi connectivity index (χ1) is 18.5. The fraction of sp³-hybridized carbons (Fsp3) is 0.607. The zero-order chi connectivity index (χ0) is 30.2. The molecule has 218 valence electrons. The lowest BCUT2D eigenvalue weighted by molar-refractivity contribution is -0.144. The first-order valence-electron chi connectivity index (χ1n) is 13.4. The van der Waals surface area contributed by atoms with E-state index >= 15 is 0 Å². The van der Waals surface area contributed by atoms with Gasteiger partial charge in [0, 0.05) is 12.7 Å². The Morgan fingerprint density at radius 3 is 2.27 bits per heavy atom. The molecular formula is C28H40N6O6. The summed E-state index contributed by atoms with van der Waals surface area (Å²) in [5, 5.41) is 7.88. The normalized spacial score (nSPS) is 22.5. The molecule has 2 heterocycles. The maximum atomic E-state index is 13.9. The Morgan fingerprint density at radius 1 is 1.10 bits per heavy atom. The van der Waals surface area contributed by atoms with Crippen molar-refractivity contribution >= 4 is 35.3 Å². The summed E-state index contributed by atoms with van der Waals surface area (Å²) in [6.07, 6.45) is 1.50. The average Bonchev–Trinajstić information content (AvgIpc) is 3.20. The Balaban J connectivity index is 1.78. The van der Waals surface area contributed by atoms with Crippen LogP contribution in [0.1, 0.15) is 59.0 Å². The highest BCUT2D eigenvalue weighted by Crippen LogP contribution is 2.65. The monoisotopic (exact) mass is 556 g/mol. The Hall–Kier alpha value is -3.83. The molecular weight excluding hydrogens is 516 g/mol. The molecule has 0 radical (unpaired) electrons. The van der Waals surface area contributed by atoms with Crippen molar-refractivity contribution < 1.29 is 28.8 Å². The van der Waals surface area contributed by atoms with Crippen molar-refractivity contribution in [2.75, 3.05) is 13.1 Å². The van der Waals surface area contributed by atoms with E-state index in [1.807, 2.05) is 13.8 Å². The number of fused-ring (bicyclic) bond motifs is 1. The number of ketones is 2. The van der Waals surface area contributed by atoms with Gasteiger partial charge in [-0.2, -0.15) is 0 Å². The van der Waals surface area contributed by atoms with E-state index in [1.54, 1.807) is 52.8 Å². The number of nitrogens with two attached hydrogens (primary N) is 1. The lowest BCUT2D eigenvalue weighted by Crippen LogP contribution is -2.61. The Labute approximate surface area is 234 Å². The maximum Gasteiger partial charge on any atom is 0.316 e. The van der Waals surface area contributed by atoms with Crippen LogP contribution in [0.15, 0.2) is 24.4 Å². The first-order valence-corrected chi connectivity index (χ1v) is 13.4. The number of carbonyl (C=O) groups is 6. The van der Waals surface area contributed by atoms with Crippen LogP contribution >= 0.6 is 0 Å². The van der Waals surface area contributed by atoms with Crippen LogP contribution in [0.4, 0.5) is 4.79 Å². The highest BCUT2D eigenvalue weighted by atomic mass is 16.2. The molecule has 2 aliphatic rings. The summed E-state index contributed by atoms with van der Waals surface area (Å²) in [6, 6.07) is 1.45. The van der Waals surface area contributed by atoms with Gasteiger partial charge in [0.25, 0.3) is 5.91 Å². The van der Waals surface area contributed by atoms with Crippen molar-refractivity contribution in [1.82, 2.24) is 25.8 Å². The number of pyridine rings is 1. The van der Waals surface area contributed by atoms with E-state index in [0.29, 0.717) is 6.54 Å². The lowest BCUT2D eigenvalue weighted by atomic mass is 9.85. The first kappa shape index (κ1) is 30.7. The van der Waals surface area contributed by atoms with E-state index in [1.165, 1.54) is 11.1 Å². The Bertz CT molecular complexity index is 1190. The number of hydrogen-bond donors (Lipinski definition) is 4. The molecule has 1 saturated carbocycles. The fourth-order valence-electron chi connectivity index (χ4n) is 5.50. The summed E-state index contributed by atoms with van der Waals surface area (Å²) in [6.45, 7) is 12.7. The van der Waals surface area contributed by atoms with Gasteiger partial charge in [-0.05, 0) is 40.7 Å². The number of piperidine rings is 1. The number of rotatable bonds is 10. The van der Waals surface area contributed by atoms with Crippen molar-refractivity contribution in [1.29, 1.82) is 0 Å². The molecule has 40 heavy (non-hydrogen) atoms. The van der Waals surface area contributed by atoms with Crippen LogP contribution < -0.4 is 21.7 Å². The molecule has 5 N–H and O–H groups in total. The number of nitrogens with zero attached hydrogens (tertiary/aromatic N) is 2. The highest BCUT2D eigenvalue weighted by Gasteiger charge is 2.69. The summed E-state index contributed by atoms with van der Waals surface area (Å²) in [4.78, 5) is 81.7. The minimum atomic E-state index is -1.16. The van der Waals surface area contributed by atoms with Gasteiger partial charge >= 0.3 is 6.03 Å².